The largest absolute Gasteiger partial charge is 0.347 e. The number of thiazole rings is 1. The highest BCUT2D eigenvalue weighted by Gasteiger charge is 2.33. The van der Waals surface area contributed by atoms with Crippen LogP contribution in [0.25, 0.3) is 0 Å². The van der Waals surface area contributed by atoms with Crippen molar-refractivity contribution in [1.29, 1.82) is 0 Å². The average molecular weight is 281 g/mol. The number of nitrogens with two attached hydrogens (primary N) is 1. The van der Waals surface area contributed by atoms with Gasteiger partial charge in [0, 0.05) is 17.8 Å². The van der Waals surface area contributed by atoms with E-state index in [9.17, 15) is 4.79 Å². The highest BCUT2D eigenvalue weighted by atomic mass is 32.1. The molecule has 1 saturated carbocycles. The summed E-state index contributed by atoms with van der Waals surface area (Å²) in [4.78, 5) is 16.6. The summed E-state index contributed by atoms with van der Waals surface area (Å²) >= 11 is 1.51. The fraction of sp³-hybridized carbons (Fsp3) is 0.714. The Morgan fingerprint density at radius 2 is 2.37 bits per heavy atom. The van der Waals surface area contributed by atoms with Crippen molar-refractivity contribution in [2.45, 2.75) is 52.0 Å². The van der Waals surface area contributed by atoms with E-state index < -0.39 is 0 Å². The van der Waals surface area contributed by atoms with Gasteiger partial charge in [0.1, 0.15) is 5.69 Å². The molecule has 1 amide bonds. The van der Waals surface area contributed by atoms with Gasteiger partial charge in [0.05, 0.1) is 5.01 Å². The van der Waals surface area contributed by atoms with Crippen LogP contribution in [0.1, 0.15) is 55.0 Å². The summed E-state index contributed by atoms with van der Waals surface area (Å²) in [5.74, 6) is -0.0421. The zero-order valence-corrected chi connectivity index (χ0v) is 12.6. The Bertz CT molecular complexity index is 442. The number of nitrogens with one attached hydrogen (secondary N) is 1. The minimum atomic E-state index is -0.0421. The topological polar surface area (TPSA) is 68.0 Å². The quantitative estimate of drug-likeness (QED) is 0.890. The van der Waals surface area contributed by atoms with Crippen LogP contribution < -0.4 is 11.1 Å². The number of nitrogens with zero attached hydrogens (tertiary/aromatic N) is 1. The van der Waals surface area contributed by atoms with Crippen LogP contribution in [0.15, 0.2) is 5.38 Å². The Hall–Kier alpha value is -0.940. The standard InChI is InChI=1S/C14H23N3OS/c1-14(2)7-4-3-5-11(14)17-13(18)10-9-19-12(16-10)6-8-15/h9,11H,3-8,15H2,1-2H3,(H,17,18). The summed E-state index contributed by atoms with van der Waals surface area (Å²) in [6.45, 7) is 5.04. The van der Waals surface area contributed by atoms with Crippen molar-refractivity contribution >= 4 is 17.2 Å². The van der Waals surface area contributed by atoms with E-state index in [4.69, 9.17) is 5.73 Å². The Morgan fingerprint density at radius 3 is 3.05 bits per heavy atom. The maximum atomic E-state index is 12.2. The second-order valence-corrected chi connectivity index (χ2v) is 6.87. The summed E-state index contributed by atoms with van der Waals surface area (Å²) in [6.07, 6.45) is 5.44. The fourth-order valence-corrected chi connectivity index (χ4v) is 3.44. The number of rotatable bonds is 4. The molecule has 1 atom stereocenters. The molecule has 4 nitrogen and oxygen atoms in total. The summed E-state index contributed by atoms with van der Waals surface area (Å²) < 4.78 is 0. The molecule has 106 valence electrons. The highest BCUT2D eigenvalue weighted by molar-refractivity contribution is 7.09. The first-order valence-corrected chi connectivity index (χ1v) is 7.86. The number of amides is 1. The van der Waals surface area contributed by atoms with Gasteiger partial charge in [-0.25, -0.2) is 4.98 Å². The van der Waals surface area contributed by atoms with Crippen LogP contribution in [0.5, 0.6) is 0 Å². The molecule has 0 spiro atoms. The maximum Gasteiger partial charge on any atom is 0.270 e. The van der Waals surface area contributed by atoms with Crippen LogP contribution >= 0.6 is 11.3 Å². The van der Waals surface area contributed by atoms with Crippen molar-refractivity contribution < 1.29 is 4.79 Å². The summed E-state index contributed by atoms with van der Waals surface area (Å²) in [5.41, 5.74) is 6.22. The smallest absolute Gasteiger partial charge is 0.270 e. The van der Waals surface area contributed by atoms with Gasteiger partial charge in [-0.3, -0.25) is 4.79 Å². The van der Waals surface area contributed by atoms with E-state index in [-0.39, 0.29) is 17.4 Å². The normalized spacial score (nSPS) is 22.2. The molecule has 0 saturated heterocycles. The van der Waals surface area contributed by atoms with Crippen molar-refractivity contribution in [3.63, 3.8) is 0 Å². The van der Waals surface area contributed by atoms with Gasteiger partial charge in [0.2, 0.25) is 0 Å². The van der Waals surface area contributed by atoms with Crippen LogP contribution in [0, 0.1) is 5.41 Å². The lowest BCUT2D eigenvalue weighted by Gasteiger charge is -2.38. The summed E-state index contributed by atoms with van der Waals surface area (Å²) in [5, 5.41) is 5.92. The number of hydrogen-bond donors (Lipinski definition) is 2. The molecular weight excluding hydrogens is 258 g/mol. The molecule has 1 aromatic rings. The first-order chi connectivity index (χ1) is 9.03. The second kappa shape index (κ2) is 6.01. The maximum absolute atomic E-state index is 12.2. The van der Waals surface area contributed by atoms with Gasteiger partial charge in [-0.2, -0.15) is 0 Å². The molecule has 0 aliphatic heterocycles. The summed E-state index contributed by atoms with van der Waals surface area (Å²) in [7, 11) is 0. The molecule has 1 aliphatic carbocycles. The second-order valence-electron chi connectivity index (χ2n) is 5.93. The lowest BCUT2D eigenvalue weighted by Crippen LogP contribution is -2.46. The van der Waals surface area contributed by atoms with Gasteiger partial charge < -0.3 is 11.1 Å². The molecule has 1 aliphatic rings. The molecule has 1 aromatic heterocycles. The Morgan fingerprint density at radius 1 is 1.58 bits per heavy atom. The van der Waals surface area contributed by atoms with Crippen LogP contribution in [-0.4, -0.2) is 23.5 Å². The van der Waals surface area contributed by atoms with Crippen molar-refractivity contribution in [1.82, 2.24) is 10.3 Å². The number of carbonyl (C=O) groups excluding carboxylic acids is 1. The SMILES string of the molecule is CC1(C)CCCCC1NC(=O)c1csc(CCN)n1. The monoisotopic (exact) mass is 281 g/mol. The van der Waals surface area contributed by atoms with Gasteiger partial charge in [-0.15, -0.1) is 11.3 Å². The minimum absolute atomic E-state index is 0.0421. The average Bonchev–Trinajstić information content (AvgIpc) is 2.81. The van der Waals surface area contributed by atoms with Crippen molar-refractivity contribution in [3.8, 4) is 0 Å². The van der Waals surface area contributed by atoms with Gasteiger partial charge >= 0.3 is 0 Å². The van der Waals surface area contributed by atoms with Crippen molar-refractivity contribution in [2.75, 3.05) is 6.54 Å². The third kappa shape index (κ3) is 3.54. The molecule has 2 rings (SSSR count). The molecule has 1 fully saturated rings. The molecule has 19 heavy (non-hydrogen) atoms. The zero-order chi connectivity index (χ0) is 13.9. The van der Waals surface area contributed by atoms with Gasteiger partial charge in [0.15, 0.2) is 0 Å². The molecular formula is C14H23N3OS. The molecule has 1 unspecified atom stereocenters. The van der Waals surface area contributed by atoms with Gasteiger partial charge in [-0.1, -0.05) is 26.7 Å². The lowest BCUT2D eigenvalue weighted by atomic mass is 9.73. The molecule has 3 N–H and O–H groups in total. The highest BCUT2D eigenvalue weighted by Crippen LogP contribution is 2.35. The Labute approximate surface area is 118 Å². The summed E-state index contributed by atoms with van der Waals surface area (Å²) in [6, 6.07) is 0.258. The van der Waals surface area contributed by atoms with Crippen molar-refractivity contribution in [3.05, 3.63) is 16.1 Å². The molecule has 0 aromatic carbocycles. The third-order valence-corrected chi connectivity index (χ3v) is 4.86. The number of hydrogen-bond acceptors (Lipinski definition) is 4. The molecule has 0 bridgehead atoms. The molecule has 0 radical (unpaired) electrons. The lowest BCUT2D eigenvalue weighted by molar-refractivity contribution is 0.0849. The van der Waals surface area contributed by atoms with Crippen LogP contribution in [0.3, 0.4) is 0 Å². The Balaban J connectivity index is 1.99. The number of aromatic nitrogens is 1. The van der Waals surface area contributed by atoms with E-state index in [0.717, 1.165) is 17.8 Å². The first kappa shape index (κ1) is 14.5. The van der Waals surface area contributed by atoms with E-state index in [1.165, 1.54) is 30.6 Å². The predicted molar refractivity (Wildman–Crippen MR) is 78.4 cm³/mol. The Kier molecular flexibility index (Phi) is 4.58. The van der Waals surface area contributed by atoms with E-state index in [0.29, 0.717) is 12.2 Å². The molecule has 1 heterocycles. The van der Waals surface area contributed by atoms with E-state index in [2.05, 4.69) is 24.1 Å². The zero-order valence-electron chi connectivity index (χ0n) is 11.7. The van der Waals surface area contributed by atoms with E-state index in [1.54, 1.807) is 0 Å². The van der Waals surface area contributed by atoms with Gasteiger partial charge in [0.25, 0.3) is 5.91 Å². The molecule has 5 heteroatoms. The van der Waals surface area contributed by atoms with E-state index in [1.807, 2.05) is 5.38 Å². The van der Waals surface area contributed by atoms with Crippen LogP contribution in [0.4, 0.5) is 0 Å². The predicted octanol–water partition coefficient (Wildman–Crippen LogP) is 2.34. The van der Waals surface area contributed by atoms with Crippen LogP contribution in [0.2, 0.25) is 0 Å². The number of carbonyl (C=O) groups is 1. The minimum Gasteiger partial charge on any atom is -0.347 e. The van der Waals surface area contributed by atoms with Crippen molar-refractivity contribution in [2.24, 2.45) is 11.1 Å². The van der Waals surface area contributed by atoms with Gasteiger partial charge in [-0.05, 0) is 24.8 Å². The van der Waals surface area contributed by atoms with Crippen LogP contribution in [-0.2, 0) is 6.42 Å². The third-order valence-electron chi connectivity index (χ3n) is 3.96. The fourth-order valence-electron chi connectivity index (χ4n) is 2.65. The van der Waals surface area contributed by atoms with E-state index >= 15 is 0 Å². The first-order valence-electron chi connectivity index (χ1n) is 6.98.